The summed E-state index contributed by atoms with van der Waals surface area (Å²) in [6.07, 6.45) is 5.66. The number of aromatic nitrogens is 5. The van der Waals surface area contributed by atoms with Crippen LogP contribution in [0.4, 0.5) is 0 Å². The Labute approximate surface area is 176 Å². The standard InChI is InChI=1S/C22H28N6O2/c1-13(2)18(21-25-19(27-30-21)15-7-6-10-23-12-15)24-20(29)16-11-17(14-8-9-14)28(26-16)22(3,4)5/h6-7,10-14,18H,8-9H2,1-5H3,(H,24,29). The molecule has 0 spiro atoms. The van der Waals surface area contributed by atoms with Crippen LogP contribution in [-0.2, 0) is 5.54 Å². The van der Waals surface area contributed by atoms with Crippen LogP contribution in [0.1, 0.15) is 81.5 Å². The molecule has 1 aliphatic rings. The van der Waals surface area contributed by atoms with Crippen LogP contribution in [-0.4, -0.2) is 30.8 Å². The molecule has 30 heavy (non-hydrogen) atoms. The lowest BCUT2D eigenvalue weighted by Crippen LogP contribution is -2.33. The predicted octanol–water partition coefficient (Wildman–Crippen LogP) is 4.09. The maximum atomic E-state index is 13.1. The maximum Gasteiger partial charge on any atom is 0.272 e. The van der Waals surface area contributed by atoms with Crippen LogP contribution in [0.2, 0.25) is 0 Å². The number of nitrogens with zero attached hydrogens (tertiary/aromatic N) is 5. The minimum Gasteiger partial charge on any atom is -0.339 e. The zero-order valence-electron chi connectivity index (χ0n) is 18.1. The van der Waals surface area contributed by atoms with Gasteiger partial charge in [-0.15, -0.1) is 0 Å². The molecule has 1 N–H and O–H groups in total. The van der Waals surface area contributed by atoms with Crippen molar-refractivity contribution < 1.29 is 9.32 Å². The Morgan fingerprint density at radius 2 is 2.07 bits per heavy atom. The summed E-state index contributed by atoms with van der Waals surface area (Å²) < 4.78 is 7.46. The van der Waals surface area contributed by atoms with Crippen molar-refractivity contribution in [3.05, 3.63) is 47.9 Å². The van der Waals surface area contributed by atoms with Crippen LogP contribution < -0.4 is 5.32 Å². The molecule has 1 amide bonds. The highest BCUT2D eigenvalue weighted by Crippen LogP contribution is 2.41. The molecule has 0 radical (unpaired) electrons. The molecule has 8 heteroatoms. The van der Waals surface area contributed by atoms with E-state index in [9.17, 15) is 4.79 Å². The molecule has 0 aliphatic heterocycles. The van der Waals surface area contributed by atoms with Gasteiger partial charge in [0.1, 0.15) is 11.7 Å². The topological polar surface area (TPSA) is 98.7 Å². The fourth-order valence-electron chi connectivity index (χ4n) is 3.42. The third-order valence-corrected chi connectivity index (χ3v) is 5.18. The minimum absolute atomic E-state index is 0.0590. The number of hydrogen-bond donors (Lipinski definition) is 1. The number of pyridine rings is 1. The molecular weight excluding hydrogens is 380 g/mol. The van der Waals surface area contributed by atoms with E-state index >= 15 is 0 Å². The number of nitrogens with one attached hydrogen (secondary N) is 1. The van der Waals surface area contributed by atoms with Gasteiger partial charge in [-0.05, 0) is 57.7 Å². The Morgan fingerprint density at radius 3 is 2.67 bits per heavy atom. The normalized spacial score (nSPS) is 15.4. The molecule has 0 aromatic carbocycles. The molecule has 3 heterocycles. The van der Waals surface area contributed by atoms with E-state index in [1.165, 1.54) is 0 Å². The van der Waals surface area contributed by atoms with E-state index < -0.39 is 6.04 Å². The zero-order valence-corrected chi connectivity index (χ0v) is 18.1. The number of carbonyl (C=O) groups excluding carboxylic acids is 1. The van der Waals surface area contributed by atoms with Gasteiger partial charge in [-0.3, -0.25) is 14.5 Å². The largest absolute Gasteiger partial charge is 0.339 e. The Kier molecular flexibility index (Phi) is 5.17. The first-order valence-corrected chi connectivity index (χ1v) is 10.4. The van der Waals surface area contributed by atoms with Gasteiger partial charge in [0.05, 0.1) is 5.54 Å². The minimum atomic E-state index is -0.417. The molecule has 3 aromatic rings. The van der Waals surface area contributed by atoms with Crippen LogP contribution in [0.15, 0.2) is 35.1 Å². The van der Waals surface area contributed by atoms with Crippen LogP contribution in [0.3, 0.4) is 0 Å². The Bertz CT molecular complexity index is 1030. The first-order chi connectivity index (χ1) is 14.2. The summed E-state index contributed by atoms with van der Waals surface area (Å²) >= 11 is 0. The third-order valence-electron chi connectivity index (χ3n) is 5.18. The van der Waals surface area contributed by atoms with Crippen molar-refractivity contribution in [3.63, 3.8) is 0 Å². The predicted molar refractivity (Wildman–Crippen MR) is 112 cm³/mol. The summed E-state index contributed by atoms with van der Waals surface area (Å²) in [5, 5.41) is 11.7. The lowest BCUT2D eigenvalue weighted by Gasteiger charge is -2.22. The highest BCUT2D eigenvalue weighted by atomic mass is 16.5. The number of amides is 1. The van der Waals surface area contributed by atoms with Gasteiger partial charge >= 0.3 is 0 Å². The van der Waals surface area contributed by atoms with E-state index in [1.54, 1.807) is 12.4 Å². The first-order valence-electron chi connectivity index (χ1n) is 10.4. The Balaban J connectivity index is 1.57. The summed E-state index contributed by atoms with van der Waals surface area (Å²) in [7, 11) is 0. The molecule has 0 saturated heterocycles. The monoisotopic (exact) mass is 408 g/mol. The van der Waals surface area contributed by atoms with Gasteiger partial charge in [0, 0.05) is 29.6 Å². The summed E-state index contributed by atoms with van der Waals surface area (Å²) in [5.74, 6) is 1.14. The van der Waals surface area contributed by atoms with Crippen LogP contribution in [0.25, 0.3) is 11.4 Å². The lowest BCUT2D eigenvalue weighted by atomic mass is 10.0. The molecule has 3 aromatic heterocycles. The highest BCUT2D eigenvalue weighted by molar-refractivity contribution is 5.92. The number of hydrogen-bond acceptors (Lipinski definition) is 6. The summed E-state index contributed by atoms with van der Waals surface area (Å²) in [6.45, 7) is 10.3. The van der Waals surface area contributed by atoms with E-state index in [2.05, 4.69) is 46.3 Å². The Morgan fingerprint density at radius 1 is 1.30 bits per heavy atom. The van der Waals surface area contributed by atoms with E-state index in [1.807, 2.05) is 36.7 Å². The van der Waals surface area contributed by atoms with Crippen molar-refractivity contribution in [2.75, 3.05) is 0 Å². The molecule has 1 saturated carbocycles. The average Bonchev–Trinajstić information content (AvgIpc) is 3.25. The second kappa shape index (κ2) is 7.66. The smallest absolute Gasteiger partial charge is 0.272 e. The number of rotatable bonds is 6. The molecule has 0 bridgehead atoms. The molecule has 1 atom stereocenters. The molecule has 1 unspecified atom stereocenters. The SMILES string of the molecule is CC(C)C(NC(=O)c1cc(C2CC2)n(C(C)(C)C)n1)c1nc(-c2cccnc2)no1. The van der Waals surface area contributed by atoms with E-state index in [-0.39, 0.29) is 17.4 Å². The highest BCUT2D eigenvalue weighted by Gasteiger charge is 2.33. The van der Waals surface area contributed by atoms with Crippen molar-refractivity contribution in [3.8, 4) is 11.4 Å². The molecule has 158 valence electrons. The maximum absolute atomic E-state index is 13.1. The molecular formula is C22H28N6O2. The van der Waals surface area contributed by atoms with Crippen molar-refractivity contribution in [1.82, 2.24) is 30.2 Å². The van der Waals surface area contributed by atoms with Gasteiger partial charge in [0.2, 0.25) is 11.7 Å². The van der Waals surface area contributed by atoms with E-state index in [4.69, 9.17) is 4.52 Å². The number of carbonyl (C=O) groups is 1. The zero-order chi connectivity index (χ0) is 21.5. The summed E-state index contributed by atoms with van der Waals surface area (Å²) in [6, 6.07) is 5.18. The molecule has 4 rings (SSSR count). The summed E-state index contributed by atoms with van der Waals surface area (Å²) in [4.78, 5) is 21.6. The van der Waals surface area contributed by atoms with E-state index in [0.29, 0.717) is 23.3 Å². The Hall–Kier alpha value is -3.03. The van der Waals surface area contributed by atoms with Crippen LogP contribution >= 0.6 is 0 Å². The van der Waals surface area contributed by atoms with Crippen molar-refractivity contribution in [2.24, 2.45) is 5.92 Å². The molecule has 1 fully saturated rings. The van der Waals surface area contributed by atoms with Gasteiger partial charge in [-0.25, -0.2) is 0 Å². The van der Waals surface area contributed by atoms with Gasteiger partial charge in [-0.2, -0.15) is 10.1 Å². The fourth-order valence-corrected chi connectivity index (χ4v) is 3.42. The molecule has 8 nitrogen and oxygen atoms in total. The quantitative estimate of drug-likeness (QED) is 0.660. The van der Waals surface area contributed by atoms with Crippen molar-refractivity contribution in [1.29, 1.82) is 0 Å². The van der Waals surface area contributed by atoms with E-state index in [0.717, 1.165) is 24.1 Å². The van der Waals surface area contributed by atoms with Gasteiger partial charge in [-0.1, -0.05) is 19.0 Å². The van der Waals surface area contributed by atoms with Gasteiger partial charge < -0.3 is 9.84 Å². The van der Waals surface area contributed by atoms with Crippen molar-refractivity contribution in [2.45, 2.75) is 65.0 Å². The third kappa shape index (κ3) is 4.13. The second-order valence-corrected chi connectivity index (χ2v) is 9.20. The summed E-state index contributed by atoms with van der Waals surface area (Å²) in [5.41, 5.74) is 2.13. The van der Waals surface area contributed by atoms with Gasteiger partial charge in [0.25, 0.3) is 5.91 Å². The average molecular weight is 409 g/mol. The first kappa shape index (κ1) is 20.3. The van der Waals surface area contributed by atoms with Crippen molar-refractivity contribution >= 4 is 5.91 Å². The molecule has 1 aliphatic carbocycles. The lowest BCUT2D eigenvalue weighted by molar-refractivity contribution is 0.0907. The van der Waals surface area contributed by atoms with Crippen LogP contribution in [0.5, 0.6) is 0 Å². The van der Waals surface area contributed by atoms with Gasteiger partial charge in [0.15, 0.2) is 0 Å². The fraction of sp³-hybridized carbons (Fsp3) is 0.500. The second-order valence-electron chi connectivity index (χ2n) is 9.20. The van der Waals surface area contributed by atoms with Crippen LogP contribution in [0, 0.1) is 5.92 Å².